The van der Waals surface area contributed by atoms with Crippen LogP contribution in [0.5, 0.6) is 0 Å². The summed E-state index contributed by atoms with van der Waals surface area (Å²) < 4.78 is 1.74. The van der Waals surface area contributed by atoms with Crippen molar-refractivity contribution in [3.63, 3.8) is 0 Å². The normalized spacial score (nSPS) is 14.7. The molecule has 0 unspecified atom stereocenters. The number of hydrogen-bond acceptors (Lipinski definition) is 3. The van der Waals surface area contributed by atoms with Crippen LogP contribution in [0.15, 0.2) is 30.3 Å². The lowest BCUT2D eigenvalue weighted by atomic mass is 10.2. The van der Waals surface area contributed by atoms with Crippen LogP contribution in [-0.4, -0.2) is 46.9 Å². The largest absolute Gasteiger partial charge is 0.368 e. The first-order valence-electron chi connectivity index (χ1n) is 8.97. The van der Waals surface area contributed by atoms with E-state index in [-0.39, 0.29) is 6.03 Å². The van der Waals surface area contributed by atoms with E-state index in [1.54, 1.807) is 4.68 Å². The molecule has 0 bridgehead atoms. The molecule has 6 nitrogen and oxygen atoms in total. The maximum Gasteiger partial charge on any atom is 0.323 e. The highest BCUT2D eigenvalue weighted by Crippen LogP contribution is 2.18. The van der Waals surface area contributed by atoms with Gasteiger partial charge in [0.05, 0.1) is 5.69 Å². The van der Waals surface area contributed by atoms with Crippen molar-refractivity contribution >= 4 is 17.5 Å². The quantitative estimate of drug-likeness (QED) is 0.930. The van der Waals surface area contributed by atoms with E-state index >= 15 is 0 Å². The Balaban J connectivity index is 1.56. The van der Waals surface area contributed by atoms with E-state index in [1.807, 2.05) is 18.0 Å². The van der Waals surface area contributed by atoms with Crippen molar-refractivity contribution in [2.45, 2.75) is 26.7 Å². The molecule has 1 fully saturated rings. The van der Waals surface area contributed by atoms with Crippen LogP contribution < -0.4 is 10.2 Å². The van der Waals surface area contributed by atoms with Gasteiger partial charge in [0, 0.05) is 45.0 Å². The SMILES string of the molecule is CCCc1cc(NC(=O)N2CCN(c3cccc(C)c3)CC2)n(C)n1. The second-order valence-electron chi connectivity index (χ2n) is 6.64. The molecule has 0 aliphatic carbocycles. The standard InChI is InChI=1S/C19H27N5O/c1-4-6-16-14-18(22(3)21-16)20-19(25)24-11-9-23(10-12-24)17-8-5-7-15(2)13-17/h5,7-8,13-14H,4,6,9-12H2,1-3H3,(H,20,25). The van der Waals surface area contributed by atoms with Crippen molar-refractivity contribution in [2.24, 2.45) is 7.05 Å². The number of piperazine rings is 1. The third kappa shape index (κ3) is 4.13. The number of aromatic nitrogens is 2. The van der Waals surface area contributed by atoms with Crippen molar-refractivity contribution in [1.29, 1.82) is 0 Å². The van der Waals surface area contributed by atoms with Crippen LogP contribution in [0.2, 0.25) is 0 Å². The Morgan fingerprint density at radius 3 is 2.64 bits per heavy atom. The highest BCUT2D eigenvalue weighted by atomic mass is 16.2. The van der Waals surface area contributed by atoms with Gasteiger partial charge in [-0.2, -0.15) is 5.10 Å². The second-order valence-corrected chi connectivity index (χ2v) is 6.64. The number of aryl methyl sites for hydroxylation is 3. The second kappa shape index (κ2) is 7.59. The summed E-state index contributed by atoms with van der Waals surface area (Å²) in [5, 5.41) is 7.43. The lowest BCUT2D eigenvalue weighted by Crippen LogP contribution is -2.50. The Morgan fingerprint density at radius 1 is 1.20 bits per heavy atom. The van der Waals surface area contributed by atoms with Crippen molar-refractivity contribution in [2.75, 3.05) is 36.4 Å². The molecule has 3 rings (SSSR count). The van der Waals surface area contributed by atoms with Crippen molar-refractivity contribution in [1.82, 2.24) is 14.7 Å². The Labute approximate surface area is 149 Å². The minimum atomic E-state index is -0.0464. The zero-order chi connectivity index (χ0) is 17.8. The number of anilines is 2. The van der Waals surface area contributed by atoms with Gasteiger partial charge in [-0.15, -0.1) is 0 Å². The van der Waals surface area contributed by atoms with Gasteiger partial charge in [0.1, 0.15) is 5.82 Å². The van der Waals surface area contributed by atoms with Gasteiger partial charge in [-0.3, -0.25) is 10.00 Å². The number of rotatable bonds is 4. The molecule has 1 aromatic heterocycles. The molecule has 6 heteroatoms. The van der Waals surface area contributed by atoms with Gasteiger partial charge < -0.3 is 9.80 Å². The van der Waals surface area contributed by atoms with Crippen molar-refractivity contribution < 1.29 is 4.79 Å². The van der Waals surface area contributed by atoms with E-state index in [0.29, 0.717) is 0 Å². The maximum atomic E-state index is 12.5. The van der Waals surface area contributed by atoms with Gasteiger partial charge >= 0.3 is 6.03 Å². The molecule has 2 amide bonds. The number of nitrogens with zero attached hydrogens (tertiary/aromatic N) is 4. The summed E-state index contributed by atoms with van der Waals surface area (Å²) in [4.78, 5) is 16.7. The van der Waals surface area contributed by atoms with Crippen LogP contribution >= 0.6 is 0 Å². The molecule has 0 saturated carbocycles. The number of benzene rings is 1. The monoisotopic (exact) mass is 341 g/mol. The van der Waals surface area contributed by atoms with Crippen LogP contribution in [-0.2, 0) is 13.5 Å². The van der Waals surface area contributed by atoms with Gasteiger partial charge in [-0.05, 0) is 31.0 Å². The third-order valence-corrected chi connectivity index (χ3v) is 4.61. The van der Waals surface area contributed by atoms with Crippen LogP contribution in [0.4, 0.5) is 16.3 Å². The van der Waals surface area contributed by atoms with Crippen molar-refractivity contribution in [3.05, 3.63) is 41.6 Å². The molecule has 1 aliphatic heterocycles. The van der Waals surface area contributed by atoms with Crippen LogP contribution in [0.1, 0.15) is 24.6 Å². The Morgan fingerprint density at radius 2 is 1.96 bits per heavy atom. The van der Waals surface area contributed by atoms with E-state index in [1.165, 1.54) is 11.3 Å². The first-order chi connectivity index (χ1) is 12.1. The van der Waals surface area contributed by atoms with E-state index in [2.05, 4.69) is 53.4 Å². The van der Waals surface area contributed by atoms with E-state index in [4.69, 9.17) is 0 Å². The fourth-order valence-electron chi connectivity index (χ4n) is 3.20. The maximum absolute atomic E-state index is 12.5. The summed E-state index contributed by atoms with van der Waals surface area (Å²) in [6.45, 7) is 7.38. The summed E-state index contributed by atoms with van der Waals surface area (Å²) in [5.41, 5.74) is 3.51. The molecule has 0 spiro atoms. The number of carbonyl (C=O) groups is 1. The smallest absolute Gasteiger partial charge is 0.323 e. The highest BCUT2D eigenvalue weighted by Gasteiger charge is 2.22. The zero-order valence-electron chi connectivity index (χ0n) is 15.3. The number of carbonyl (C=O) groups excluding carboxylic acids is 1. The number of amides is 2. The summed E-state index contributed by atoms with van der Waals surface area (Å²) in [7, 11) is 1.87. The van der Waals surface area contributed by atoms with Crippen LogP contribution in [0, 0.1) is 6.92 Å². The number of hydrogen-bond donors (Lipinski definition) is 1. The average Bonchev–Trinajstić information content (AvgIpc) is 2.94. The van der Waals surface area contributed by atoms with E-state index in [9.17, 15) is 4.79 Å². The minimum Gasteiger partial charge on any atom is -0.368 e. The predicted molar refractivity (Wildman–Crippen MR) is 101 cm³/mol. The molecule has 2 heterocycles. The lowest BCUT2D eigenvalue weighted by molar-refractivity contribution is 0.208. The minimum absolute atomic E-state index is 0.0464. The Hall–Kier alpha value is -2.50. The molecule has 2 aromatic rings. The number of nitrogens with one attached hydrogen (secondary N) is 1. The summed E-state index contributed by atoms with van der Waals surface area (Å²) in [6.07, 6.45) is 1.98. The summed E-state index contributed by atoms with van der Waals surface area (Å²) in [5.74, 6) is 0.759. The van der Waals surface area contributed by atoms with Crippen molar-refractivity contribution in [3.8, 4) is 0 Å². The fourth-order valence-corrected chi connectivity index (χ4v) is 3.20. The molecule has 1 N–H and O–H groups in total. The van der Waals surface area contributed by atoms with Crippen LogP contribution in [0.25, 0.3) is 0 Å². The predicted octanol–water partition coefficient (Wildman–Crippen LogP) is 3.04. The zero-order valence-corrected chi connectivity index (χ0v) is 15.3. The Kier molecular flexibility index (Phi) is 5.26. The summed E-state index contributed by atoms with van der Waals surface area (Å²) >= 11 is 0. The van der Waals surface area contributed by atoms with Gasteiger partial charge in [-0.1, -0.05) is 25.5 Å². The average molecular weight is 341 g/mol. The third-order valence-electron chi connectivity index (χ3n) is 4.61. The molecule has 0 radical (unpaired) electrons. The highest BCUT2D eigenvalue weighted by molar-refractivity contribution is 5.88. The molecule has 25 heavy (non-hydrogen) atoms. The number of urea groups is 1. The lowest BCUT2D eigenvalue weighted by Gasteiger charge is -2.36. The van der Waals surface area contributed by atoms with E-state index in [0.717, 1.165) is 50.5 Å². The molecular weight excluding hydrogens is 314 g/mol. The van der Waals surface area contributed by atoms with Crippen LogP contribution in [0.3, 0.4) is 0 Å². The first-order valence-corrected chi connectivity index (χ1v) is 8.97. The fraction of sp³-hybridized carbons (Fsp3) is 0.474. The van der Waals surface area contributed by atoms with Gasteiger partial charge in [0.25, 0.3) is 0 Å². The molecular formula is C19H27N5O. The topological polar surface area (TPSA) is 53.4 Å². The van der Waals surface area contributed by atoms with E-state index < -0.39 is 0 Å². The van der Waals surface area contributed by atoms with Gasteiger partial charge in [0.15, 0.2) is 0 Å². The molecule has 1 aromatic carbocycles. The Bertz CT molecular complexity index is 731. The molecule has 1 aliphatic rings. The molecule has 0 atom stereocenters. The summed E-state index contributed by atoms with van der Waals surface area (Å²) in [6, 6.07) is 10.4. The molecule has 134 valence electrons. The van der Waals surface area contributed by atoms with Gasteiger partial charge in [-0.25, -0.2) is 4.79 Å². The van der Waals surface area contributed by atoms with Gasteiger partial charge in [0.2, 0.25) is 0 Å². The first kappa shape index (κ1) is 17.3. The molecule has 1 saturated heterocycles.